The van der Waals surface area contributed by atoms with E-state index in [1.54, 1.807) is 29.8 Å². The average molecular weight is 535 g/mol. The Hall–Kier alpha value is -4.32. The highest BCUT2D eigenvalue weighted by molar-refractivity contribution is 5.83. The highest BCUT2D eigenvalue weighted by Gasteiger charge is 2.35. The number of aromatic nitrogens is 5. The van der Waals surface area contributed by atoms with E-state index >= 15 is 0 Å². The molecule has 0 bridgehead atoms. The van der Waals surface area contributed by atoms with Crippen LogP contribution in [-0.2, 0) is 16.1 Å². The summed E-state index contributed by atoms with van der Waals surface area (Å²) in [5, 5.41) is 13.2. The number of piperidine rings is 1. The third-order valence-corrected chi connectivity index (χ3v) is 7.23. The number of H-pyrrole nitrogens is 1. The number of aromatic amines is 1. The number of esters is 1. The number of benzene rings is 2. The largest absolute Gasteiger partial charge is 0.466 e. The number of tetrazole rings is 1. The standard InChI is InChI=1S/C27H27FN6O5/c1-2-37-27(36)17-7-9-33(10-8-17)24(25-30-31-32-34(25)14-16-3-5-19(28)6-4-16)20-11-18-12-22-23(39-15-38-22)13-21(18)29-26(20)35/h3-6,11-13,17,24H,2,7-10,14-15H2,1H3,(H,29,35)/t24-/m0/s1. The molecule has 2 aliphatic rings. The van der Waals surface area contributed by atoms with Gasteiger partial charge in [-0.15, -0.1) is 5.10 Å². The van der Waals surface area contributed by atoms with Crippen molar-refractivity contribution in [1.82, 2.24) is 30.1 Å². The fourth-order valence-electron chi connectivity index (χ4n) is 5.25. The van der Waals surface area contributed by atoms with Gasteiger partial charge < -0.3 is 19.2 Å². The summed E-state index contributed by atoms with van der Waals surface area (Å²) in [6.07, 6.45) is 1.16. The Bertz CT molecular complexity index is 1560. The number of hydrogen-bond donors (Lipinski definition) is 1. The summed E-state index contributed by atoms with van der Waals surface area (Å²) in [4.78, 5) is 31.0. The van der Waals surface area contributed by atoms with Crippen LogP contribution in [0.15, 0.2) is 47.3 Å². The van der Waals surface area contributed by atoms with Crippen LogP contribution in [0.1, 0.15) is 42.8 Å². The summed E-state index contributed by atoms with van der Waals surface area (Å²) in [7, 11) is 0. The molecule has 1 fully saturated rings. The number of carbonyl (C=O) groups is 1. The first-order valence-electron chi connectivity index (χ1n) is 12.9. The number of hydrogen-bond acceptors (Lipinski definition) is 9. The molecule has 11 nitrogen and oxygen atoms in total. The number of fused-ring (bicyclic) bond motifs is 2. The summed E-state index contributed by atoms with van der Waals surface area (Å²) in [6, 6.07) is 10.9. The SMILES string of the molecule is CCOC(=O)C1CCN([C@@H](c2cc3cc4c(cc3[nH]c2=O)OCO4)c2nnnn2Cc2ccc(F)cc2)CC1. The quantitative estimate of drug-likeness (QED) is 0.356. The summed E-state index contributed by atoms with van der Waals surface area (Å²) < 4.78 is 31.3. The maximum absolute atomic E-state index is 13.5. The van der Waals surface area contributed by atoms with E-state index in [1.807, 2.05) is 12.1 Å². The molecule has 1 N–H and O–H groups in total. The predicted molar refractivity (Wildman–Crippen MR) is 137 cm³/mol. The third kappa shape index (κ3) is 4.94. The smallest absolute Gasteiger partial charge is 0.309 e. The van der Waals surface area contributed by atoms with Gasteiger partial charge in [0.1, 0.15) is 11.9 Å². The summed E-state index contributed by atoms with van der Waals surface area (Å²) >= 11 is 0. The number of nitrogens with one attached hydrogen (secondary N) is 1. The number of carbonyl (C=O) groups excluding carboxylic acids is 1. The summed E-state index contributed by atoms with van der Waals surface area (Å²) in [5.41, 5.74) is 1.62. The van der Waals surface area contributed by atoms with Crippen LogP contribution in [0.4, 0.5) is 4.39 Å². The van der Waals surface area contributed by atoms with E-state index in [0.717, 1.165) is 10.9 Å². The first-order chi connectivity index (χ1) is 19.0. The lowest BCUT2D eigenvalue weighted by Gasteiger charge is -2.36. The van der Waals surface area contributed by atoms with Gasteiger partial charge in [-0.3, -0.25) is 14.5 Å². The monoisotopic (exact) mass is 534 g/mol. The maximum Gasteiger partial charge on any atom is 0.309 e. The minimum atomic E-state index is -0.595. The molecule has 12 heteroatoms. The van der Waals surface area contributed by atoms with Gasteiger partial charge in [0.25, 0.3) is 5.56 Å². The third-order valence-electron chi connectivity index (χ3n) is 7.23. The van der Waals surface area contributed by atoms with Crippen molar-refractivity contribution < 1.29 is 23.4 Å². The molecule has 0 spiro atoms. The first-order valence-corrected chi connectivity index (χ1v) is 12.9. The van der Waals surface area contributed by atoms with Crippen LogP contribution in [0.25, 0.3) is 10.9 Å². The molecular weight excluding hydrogens is 507 g/mol. The number of pyridine rings is 1. The van der Waals surface area contributed by atoms with Crippen LogP contribution in [0, 0.1) is 11.7 Å². The molecule has 0 unspecified atom stereocenters. The molecule has 1 saturated heterocycles. The Morgan fingerprint density at radius 2 is 1.90 bits per heavy atom. The minimum Gasteiger partial charge on any atom is -0.466 e. The van der Waals surface area contributed by atoms with Crippen molar-refractivity contribution in [3.8, 4) is 11.5 Å². The van der Waals surface area contributed by atoms with E-state index in [-0.39, 0.29) is 30.1 Å². The number of nitrogens with zero attached hydrogens (tertiary/aromatic N) is 5. The highest BCUT2D eigenvalue weighted by Crippen LogP contribution is 2.37. The molecule has 0 aliphatic carbocycles. The lowest BCUT2D eigenvalue weighted by molar-refractivity contribution is -0.149. The van der Waals surface area contributed by atoms with Crippen molar-refractivity contribution in [3.63, 3.8) is 0 Å². The molecule has 4 aromatic rings. The van der Waals surface area contributed by atoms with Crippen molar-refractivity contribution in [3.05, 3.63) is 75.6 Å². The van der Waals surface area contributed by atoms with Crippen molar-refractivity contribution >= 4 is 16.9 Å². The fraction of sp³-hybridized carbons (Fsp3) is 0.370. The van der Waals surface area contributed by atoms with Gasteiger partial charge in [-0.05, 0) is 60.0 Å². The zero-order valence-electron chi connectivity index (χ0n) is 21.3. The molecule has 1 atom stereocenters. The number of rotatable bonds is 7. The molecule has 0 saturated carbocycles. The Balaban J connectivity index is 1.39. The van der Waals surface area contributed by atoms with Gasteiger partial charge in [0, 0.05) is 30.1 Å². The Kier molecular flexibility index (Phi) is 6.69. The van der Waals surface area contributed by atoms with Gasteiger partial charge in [0.2, 0.25) is 6.79 Å². The zero-order chi connectivity index (χ0) is 26.9. The van der Waals surface area contributed by atoms with Crippen LogP contribution < -0.4 is 15.0 Å². The van der Waals surface area contributed by atoms with Crippen molar-refractivity contribution in [2.24, 2.45) is 5.92 Å². The summed E-state index contributed by atoms with van der Waals surface area (Å²) in [6.45, 7) is 3.63. The van der Waals surface area contributed by atoms with Crippen LogP contribution in [-0.4, -0.2) is 62.5 Å². The minimum absolute atomic E-state index is 0.124. The predicted octanol–water partition coefficient (Wildman–Crippen LogP) is 2.80. The molecule has 2 aromatic heterocycles. The second kappa shape index (κ2) is 10.4. The van der Waals surface area contributed by atoms with Gasteiger partial charge >= 0.3 is 5.97 Å². The normalized spacial score (nSPS) is 16.5. The maximum atomic E-state index is 13.5. The topological polar surface area (TPSA) is 124 Å². The first kappa shape index (κ1) is 25.0. The molecule has 2 aliphatic heterocycles. The zero-order valence-corrected chi connectivity index (χ0v) is 21.3. The number of halogens is 1. The fourth-order valence-corrected chi connectivity index (χ4v) is 5.25. The molecule has 202 valence electrons. The van der Waals surface area contributed by atoms with E-state index in [9.17, 15) is 14.0 Å². The number of ether oxygens (including phenoxy) is 3. The van der Waals surface area contributed by atoms with Gasteiger partial charge in [-0.1, -0.05) is 12.1 Å². The molecule has 39 heavy (non-hydrogen) atoms. The van der Waals surface area contributed by atoms with Gasteiger partial charge in [-0.2, -0.15) is 0 Å². The lowest BCUT2D eigenvalue weighted by atomic mass is 9.94. The van der Waals surface area contributed by atoms with Crippen LogP contribution in [0.5, 0.6) is 11.5 Å². The van der Waals surface area contributed by atoms with E-state index in [1.165, 1.54) is 12.1 Å². The van der Waals surface area contributed by atoms with Gasteiger partial charge in [0.15, 0.2) is 17.3 Å². The Morgan fingerprint density at radius 1 is 1.15 bits per heavy atom. The Labute approximate surface area is 222 Å². The second-order valence-electron chi connectivity index (χ2n) is 9.63. The molecule has 6 rings (SSSR count). The van der Waals surface area contributed by atoms with Crippen molar-refractivity contribution in [2.75, 3.05) is 26.5 Å². The number of likely N-dealkylation sites (tertiary alicyclic amines) is 1. The van der Waals surface area contributed by atoms with Gasteiger partial charge in [-0.25, -0.2) is 9.07 Å². The van der Waals surface area contributed by atoms with Crippen LogP contribution in [0.2, 0.25) is 0 Å². The Morgan fingerprint density at radius 3 is 2.64 bits per heavy atom. The van der Waals surface area contributed by atoms with Crippen molar-refractivity contribution in [1.29, 1.82) is 0 Å². The molecular formula is C27H27FN6O5. The second-order valence-corrected chi connectivity index (χ2v) is 9.63. The van der Waals surface area contributed by atoms with E-state index in [4.69, 9.17) is 14.2 Å². The van der Waals surface area contributed by atoms with E-state index < -0.39 is 6.04 Å². The molecule has 2 aromatic carbocycles. The molecule has 0 amide bonds. The van der Waals surface area contributed by atoms with E-state index in [0.29, 0.717) is 67.5 Å². The molecule has 4 heterocycles. The summed E-state index contributed by atoms with van der Waals surface area (Å²) in [5.74, 6) is 0.919. The molecule has 0 radical (unpaired) electrons. The van der Waals surface area contributed by atoms with Gasteiger partial charge in [0.05, 0.1) is 24.6 Å². The average Bonchev–Trinajstić information content (AvgIpc) is 3.59. The highest BCUT2D eigenvalue weighted by atomic mass is 19.1. The van der Waals surface area contributed by atoms with Crippen molar-refractivity contribution in [2.45, 2.75) is 32.4 Å². The lowest BCUT2D eigenvalue weighted by Crippen LogP contribution is -2.42. The van der Waals surface area contributed by atoms with E-state index in [2.05, 4.69) is 25.4 Å². The van der Waals surface area contributed by atoms with Crippen LogP contribution >= 0.6 is 0 Å². The van der Waals surface area contributed by atoms with Crippen LogP contribution in [0.3, 0.4) is 0 Å².